The number of anilines is 2. The summed E-state index contributed by atoms with van der Waals surface area (Å²) < 4.78 is 0.676. The smallest absolute Gasteiger partial charge is 0.270 e. The van der Waals surface area contributed by atoms with Crippen molar-refractivity contribution in [2.45, 2.75) is 0 Å². The fourth-order valence-corrected chi connectivity index (χ4v) is 3.71. The maximum absolute atomic E-state index is 12.3. The highest BCUT2D eigenvalue weighted by Gasteiger charge is 2.16. The number of aromatic nitrogens is 1. The summed E-state index contributed by atoms with van der Waals surface area (Å²) in [6.45, 7) is 0.0173. The molecule has 0 unspecified atom stereocenters. The molecule has 0 spiro atoms. The van der Waals surface area contributed by atoms with E-state index in [4.69, 9.17) is 23.2 Å². The Morgan fingerprint density at radius 3 is 2.65 bits per heavy atom. The van der Waals surface area contributed by atoms with Crippen molar-refractivity contribution in [3.05, 3.63) is 56.6 Å². The molecule has 1 N–H and O–H groups in total. The van der Waals surface area contributed by atoms with Gasteiger partial charge < -0.3 is 10.2 Å². The minimum absolute atomic E-state index is 0.00135. The van der Waals surface area contributed by atoms with Crippen LogP contribution in [0.15, 0.2) is 36.4 Å². The molecule has 10 heteroatoms. The summed E-state index contributed by atoms with van der Waals surface area (Å²) >= 11 is 13.4. The molecule has 0 fully saturated rings. The molecule has 0 aliphatic carbocycles. The van der Waals surface area contributed by atoms with E-state index in [-0.39, 0.29) is 18.1 Å². The van der Waals surface area contributed by atoms with Crippen LogP contribution in [-0.4, -0.2) is 29.4 Å². The molecule has 0 bridgehead atoms. The number of carbonyl (C=O) groups excluding carboxylic acids is 1. The van der Waals surface area contributed by atoms with Crippen molar-refractivity contribution < 1.29 is 9.72 Å². The highest BCUT2D eigenvalue weighted by atomic mass is 35.5. The van der Waals surface area contributed by atoms with Crippen molar-refractivity contribution >= 4 is 67.2 Å². The van der Waals surface area contributed by atoms with Crippen molar-refractivity contribution in [3.63, 3.8) is 0 Å². The first kappa shape index (κ1) is 18.4. The van der Waals surface area contributed by atoms with Gasteiger partial charge >= 0.3 is 0 Å². The highest BCUT2D eigenvalue weighted by Crippen LogP contribution is 2.32. The molecule has 0 saturated heterocycles. The maximum Gasteiger partial charge on any atom is 0.270 e. The molecule has 3 rings (SSSR count). The van der Waals surface area contributed by atoms with Crippen molar-refractivity contribution in [2.75, 3.05) is 23.8 Å². The van der Waals surface area contributed by atoms with Gasteiger partial charge in [0.05, 0.1) is 37.4 Å². The first-order chi connectivity index (χ1) is 12.3. The molecular weight excluding hydrogens is 399 g/mol. The van der Waals surface area contributed by atoms with Gasteiger partial charge in [-0.15, -0.1) is 0 Å². The third kappa shape index (κ3) is 3.87. The predicted octanol–water partition coefficient (Wildman–Crippen LogP) is 4.59. The molecule has 1 amide bonds. The number of nitro groups is 1. The molecule has 134 valence electrons. The SMILES string of the molecule is CN(CC(=O)Nc1c(Cl)cccc1Cl)c1nc2ccc([N+](=O)[O-])cc2s1. The van der Waals surface area contributed by atoms with Crippen molar-refractivity contribution in [3.8, 4) is 0 Å². The van der Waals surface area contributed by atoms with E-state index in [1.807, 2.05) is 0 Å². The lowest BCUT2D eigenvalue weighted by Crippen LogP contribution is -2.30. The maximum atomic E-state index is 12.3. The Labute approximate surface area is 162 Å². The Kier molecular flexibility index (Phi) is 5.26. The lowest BCUT2D eigenvalue weighted by molar-refractivity contribution is -0.384. The fraction of sp³-hybridized carbons (Fsp3) is 0.125. The molecule has 0 atom stereocenters. The number of carbonyl (C=O) groups is 1. The Balaban J connectivity index is 1.75. The summed E-state index contributed by atoms with van der Waals surface area (Å²) in [5.74, 6) is -0.312. The molecule has 0 radical (unpaired) electrons. The van der Waals surface area contributed by atoms with Crippen LogP contribution in [0.5, 0.6) is 0 Å². The first-order valence-electron chi connectivity index (χ1n) is 7.35. The summed E-state index contributed by atoms with van der Waals surface area (Å²) in [6.07, 6.45) is 0. The number of halogens is 2. The van der Waals surface area contributed by atoms with Gasteiger partial charge in [-0.2, -0.15) is 0 Å². The lowest BCUT2D eigenvalue weighted by atomic mass is 10.3. The van der Waals surface area contributed by atoms with E-state index in [9.17, 15) is 14.9 Å². The van der Waals surface area contributed by atoms with E-state index < -0.39 is 4.92 Å². The van der Waals surface area contributed by atoms with E-state index in [1.165, 1.54) is 23.5 Å². The number of thiazole rings is 1. The Hall–Kier alpha value is -2.42. The predicted molar refractivity (Wildman–Crippen MR) is 105 cm³/mol. The number of hydrogen-bond acceptors (Lipinski definition) is 6. The van der Waals surface area contributed by atoms with Gasteiger partial charge in [-0.3, -0.25) is 14.9 Å². The van der Waals surface area contributed by atoms with Crippen LogP contribution in [0.25, 0.3) is 10.2 Å². The van der Waals surface area contributed by atoms with Gasteiger partial charge in [-0.25, -0.2) is 4.98 Å². The van der Waals surface area contributed by atoms with E-state index in [1.54, 1.807) is 36.2 Å². The minimum atomic E-state index is -0.455. The van der Waals surface area contributed by atoms with E-state index in [2.05, 4.69) is 10.3 Å². The first-order valence-corrected chi connectivity index (χ1v) is 8.92. The molecule has 0 saturated carbocycles. The van der Waals surface area contributed by atoms with Crippen LogP contribution in [0.1, 0.15) is 0 Å². The quantitative estimate of drug-likeness (QED) is 0.490. The topological polar surface area (TPSA) is 88.4 Å². The standard InChI is InChI=1S/C16H12Cl2N4O3S/c1-21(8-14(23)20-15-10(17)3-2-4-11(15)18)16-19-12-6-5-9(22(24)25)7-13(12)26-16/h2-7H,8H2,1H3,(H,20,23). The van der Waals surface area contributed by atoms with Gasteiger partial charge in [0.1, 0.15) is 0 Å². The average molecular weight is 411 g/mol. The van der Waals surface area contributed by atoms with Gasteiger partial charge in [0.2, 0.25) is 5.91 Å². The number of para-hydroxylation sites is 1. The molecule has 3 aromatic rings. The number of nitrogens with zero attached hydrogens (tertiary/aromatic N) is 3. The van der Waals surface area contributed by atoms with Crippen molar-refractivity contribution in [2.24, 2.45) is 0 Å². The number of rotatable bonds is 5. The van der Waals surface area contributed by atoms with Gasteiger partial charge in [-0.05, 0) is 18.2 Å². The van der Waals surface area contributed by atoms with Crippen molar-refractivity contribution in [1.82, 2.24) is 4.98 Å². The molecule has 0 aliphatic heterocycles. The lowest BCUT2D eigenvalue weighted by Gasteiger charge is -2.16. The Morgan fingerprint density at radius 2 is 2.00 bits per heavy atom. The van der Waals surface area contributed by atoms with Crippen LogP contribution in [0.2, 0.25) is 10.0 Å². The van der Waals surface area contributed by atoms with Crippen LogP contribution in [-0.2, 0) is 4.79 Å². The van der Waals surface area contributed by atoms with E-state index in [0.29, 0.717) is 31.1 Å². The second-order valence-electron chi connectivity index (χ2n) is 5.41. The van der Waals surface area contributed by atoms with Gasteiger partial charge in [-0.1, -0.05) is 40.6 Å². The number of likely N-dealkylation sites (N-methyl/N-ethyl adjacent to an activating group) is 1. The monoisotopic (exact) mass is 410 g/mol. The number of nitro benzene ring substituents is 1. The summed E-state index contributed by atoms with van der Waals surface area (Å²) in [6, 6.07) is 9.41. The normalized spacial score (nSPS) is 10.7. The number of nitrogens with one attached hydrogen (secondary N) is 1. The summed E-state index contributed by atoms with van der Waals surface area (Å²) in [5.41, 5.74) is 0.993. The molecule has 1 aromatic heterocycles. The minimum Gasteiger partial charge on any atom is -0.342 e. The number of fused-ring (bicyclic) bond motifs is 1. The number of hydrogen-bond donors (Lipinski definition) is 1. The summed E-state index contributed by atoms with van der Waals surface area (Å²) in [5, 5.41) is 14.8. The molecule has 26 heavy (non-hydrogen) atoms. The van der Waals surface area contributed by atoms with E-state index in [0.717, 1.165) is 0 Å². The summed E-state index contributed by atoms with van der Waals surface area (Å²) in [7, 11) is 1.71. The van der Waals surface area contributed by atoms with Crippen LogP contribution >= 0.6 is 34.5 Å². The number of non-ortho nitro benzene ring substituents is 1. The van der Waals surface area contributed by atoms with Crippen molar-refractivity contribution in [1.29, 1.82) is 0 Å². The Morgan fingerprint density at radius 1 is 1.31 bits per heavy atom. The number of amides is 1. The van der Waals surface area contributed by atoms with E-state index >= 15 is 0 Å². The summed E-state index contributed by atoms with van der Waals surface area (Å²) in [4.78, 5) is 28.7. The zero-order valence-electron chi connectivity index (χ0n) is 13.4. The third-order valence-electron chi connectivity index (χ3n) is 3.51. The van der Waals surface area contributed by atoms with Crippen LogP contribution in [0.4, 0.5) is 16.5 Å². The largest absolute Gasteiger partial charge is 0.342 e. The molecule has 1 heterocycles. The van der Waals surface area contributed by atoms with Crippen LogP contribution < -0.4 is 10.2 Å². The second kappa shape index (κ2) is 7.45. The molecule has 2 aromatic carbocycles. The zero-order chi connectivity index (χ0) is 18.8. The molecule has 0 aliphatic rings. The molecule has 7 nitrogen and oxygen atoms in total. The second-order valence-corrected chi connectivity index (χ2v) is 7.23. The van der Waals surface area contributed by atoms with Gasteiger partial charge in [0, 0.05) is 19.2 Å². The fourth-order valence-electron chi connectivity index (χ4n) is 2.26. The zero-order valence-corrected chi connectivity index (χ0v) is 15.7. The Bertz CT molecular complexity index is 988. The highest BCUT2D eigenvalue weighted by molar-refractivity contribution is 7.22. The average Bonchev–Trinajstić information content (AvgIpc) is 3.01. The van der Waals surface area contributed by atoms with Gasteiger partial charge in [0.15, 0.2) is 5.13 Å². The van der Waals surface area contributed by atoms with Gasteiger partial charge in [0.25, 0.3) is 5.69 Å². The number of benzene rings is 2. The third-order valence-corrected chi connectivity index (χ3v) is 5.27. The molecular formula is C16H12Cl2N4O3S. The van der Waals surface area contributed by atoms with Crippen LogP contribution in [0, 0.1) is 10.1 Å². The van der Waals surface area contributed by atoms with Crippen LogP contribution in [0.3, 0.4) is 0 Å².